The summed E-state index contributed by atoms with van der Waals surface area (Å²) in [6.45, 7) is -2.63. The summed E-state index contributed by atoms with van der Waals surface area (Å²) >= 11 is 0. The highest BCUT2D eigenvalue weighted by atomic mass is 16.7. The van der Waals surface area contributed by atoms with E-state index in [0.29, 0.717) is 0 Å². The van der Waals surface area contributed by atoms with Gasteiger partial charge in [0, 0.05) is 0 Å². The zero-order chi connectivity index (χ0) is 11.0. The van der Waals surface area contributed by atoms with E-state index in [1.165, 1.54) is 0 Å². The number of hydrogen-bond donors (Lipinski definition) is 4. The molecule has 82 valence electrons. The fourth-order valence-corrected chi connectivity index (χ4v) is 0.563. The highest BCUT2D eigenvalue weighted by Gasteiger charge is 2.19. The van der Waals surface area contributed by atoms with E-state index in [-0.39, 0.29) is 0 Å². The van der Waals surface area contributed by atoms with Crippen molar-refractivity contribution in [1.82, 2.24) is 0 Å². The second-order valence-corrected chi connectivity index (χ2v) is 1.74. The van der Waals surface area contributed by atoms with Crippen molar-refractivity contribution < 1.29 is 39.4 Å². The third kappa shape index (κ3) is 3.94. The number of rotatable bonds is 7. The summed E-state index contributed by atoms with van der Waals surface area (Å²) in [6, 6.07) is 0. The second-order valence-electron chi connectivity index (χ2n) is 1.74. The highest BCUT2D eigenvalue weighted by molar-refractivity contribution is 5.84. The number of aliphatic hydroxyl groups excluding tert-OH is 3. The molecule has 0 amide bonds. The smallest absolute Gasteiger partial charge is 0.378 e. The molecule has 0 aromatic rings. The average molecular weight is 210 g/mol. The molecular weight excluding hydrogens is 200 g/mol. The van der Waals surface area contributed by atoms with Gasteiger partial charge in [0.05, 0.1) is 0 Å². The van der Waals surface area contributed by atoms with Gasteiger partial charge in [0.25, 0.3) is 5.76 Å². The van der Waals surface area contributed by atoms with Crippen LogP contribution in [0.5, 0.6) is 0 Å². The van der Waals surface area contributed by atoms with Crippen molar-refractivity contribution in [2.24, 2.45) is 0 Å². The molecule has 0 heterocycles. The van der Waals surface area contributed by atoms with Gasteiger partial charge in [-0.05, 0) is 0 Å². The molecule has 8 heteroatoms. The Labute approximate surface area is 78.6 Å². The van der Waals surface area contributed by atoms with Crippen LogP contribution >= 0.6 is 0 Å². The van der Waals surface area contributed by atoms with Gasteiger partial charge in [-0.2, -0.15) is 0 Å². The summed E-state index contributed by atoms with van der Waals surface area (Å²) in [5, 5.41) is 33.5. The number of ether oxygens (including phenoxy) is 3. The maximum absolute atomic E-state index is 10.5. The summed E-state index contributed by atoms with van der Waals surface area (Å²) < 4.78 is 12.8. The van der Waals surface area contributed by atoms with Crippen molar-refractivity contribution in [3.8, 4) is 0 Å². The van der Waals surface area contributed by atoms with Gasteiger partial charge in [0.2, 0.25) is 0 Å². The molecule has 0 atom stereocenters. The van der Waals surface area contributed by atoms with E-state index < -0.39 is 38.1 Å². The Morgan fingerprint density at radius 1 is 0.929 bits per heavy atom. The van der Waals surface area contributed by atoms with Crippen molar-refractivity contribution >= 4 is 5.97 Å². The van der Waals surface area contributed by atoms with Crippen molar-refractivity contribution in [3.05, 3.63) is 11.7 Å². The van der Waals surface area contributed by atoms with Crippen LogP contribution in [0.2, 0.25) is 0 Å². The maximum Gasteiger partial charge on any atom is 0.378 e. The molecule has 0 aromatic carbocycles. The molecule has 8 nitrogen and oxygen atoms in total. The van der Waals surface area contributed by atoms with Crippen LogP contribution in [0.25, 0.3) is 0 Å². The minimum atomic E-state index is -1.57. The lowest BCUT2D eigenvalue weighted by Crippen LogP contribution is -2.14. The molecular formula is C6H10O8. The first-order valence-electron chi connectivity index (χ1n) is 3.35. The summed E-state index contributed by atoms with van der Waals surface area (Å²) in [5.74, 6) is -3.15. The molecule has 0 bridgehead atoms. The molecule has 0 aliphatic rings. The Bertz CT molecular complexity index is 202. The largest absolute Gasteiger partial charge is 0.475 e. The zero-order valence-corrected chi connectivity index (χ0v) is 7.04. The third-order valence-corrected chi connectivity index (χ3v) is 0.980. The quantitative estimate of drug-likeness (QED) is 0.219. The van der Waals surface area contributed by atoms with Crippen LogP contribution in [0, 0.1) is 0 Å². The number of carboxylic acid groups (broad SMARTS) is 1. The summed E-state index contributed by atoms with van der Waals surface area (Å²) in [7, 11) is 0. The predicted octanol–water partition coefficient (Wildman–Crippen LogP) is -1.86. The molecule has 0 saturated carbocycles. The van der Waals surface area contributed by atoms with Crippen LogP contribution in [0.1, 0.15) is 0 Å². The minimum absolute atomic E-state index is 0.725. The molecule has 0 aliphatic heterocycles. The normalized spacial score (nSPS) is 9.07. The van der Waals surface area contributed by atoms with E-state index in [1.807, 2.05) is 0 Å². The lowest BCUT2D eigenvalue weighted by atomic mass is 10.5. The third-order valence-electron chi connectivity index (χ3n) is 0.980. The Balaban J connectivity index is 4.72. The first kappa shape index (κ1) is 12.5. The summed E-state index contributed by atoms with van der Waals surface area (Å²) in [6.07, 6.45) is 0. The standard InChI is InChI=1S/C6H10O8/c7-1-12-4(5(10)11)6(13-2-8)14-3-9/h7-9H,1-3H2,(H,10,11). The van der Waals surface area contributed by atoms with Crippen LogP contribution in [-0.4, -0.2) is 46.8 Å². The SMILES string of the molecule is O=C(O)C(OCO)=C(OCO)OCO. The van der Waals surface area contributed by atoms with E-state index in [9.17, 15) is 4.79 Å². The van der Waals surface area contributed by atoms with Gasteiger partial charge in [-0.1, -0.05) is 0 Å². The van der Waals surface area contributed by atoms with Crippen LogP contribution in [0.4, 0.5) is 0 Å². The first-order chi connectivity index (χ1) is 6.67. The average Bonchev–Trinajstić information content (AvgIpc) is 2.13. The first-order valence-corrected chi connectivity index (χ1v) is 3.35. The number of aliphatic hydroxyl groups is 3. The van der Waals surface area contributed by atoms with E-state index in [4.69, 9.17) is 20.4 Å². The summed E-state index contributed by atoms with van der Waals surface area (Å²) in [4.78, 5) is 10.5. The molecule has 0 fully saturated rings. The lowest BCUT2D eigenvalue weighted by molar-refractivity contribution is -0.143. The minimum Gasteiger partial charge on any atom is -0.475 e. The molecule has 0 spiro atoms. The van der Waals surface area contributed by atoms with E-state index >= 15 is 0 Å². The highest BCUT2D eigenvalue weighted by Crippen LogP contribution is 2.09. The molecule has 0 radical (unpaired) electrons. The Kier molecular flexibility index (Phi) is 6.20. The molecule has 0 aliphatic carbocycles. The van der Waals surface area contributed by atoms with Crippen molar-refractivity contribution in [2.75, 3.05) is 20.4 Å². The monoisotopic (exact) mass is 210 g/mol. The summed E-state index contributed by atoms with van der Waals surface area (Å²) in [5.41, 5.74) is 0. The van der Waals surface area contributed by atoms with Crippen molar-refractivity contribution in [1.29, 1.82) is 0 Å². The van der Waals surface area contributed by atoms with Crippen molar-refractivity contribution in [3.63, 3.8) is 0 Å². The van der Waals surface area contributed by atoms with E-state index in [0.717, 1.165) is 0 Å². The molecule has 0 unspecified atom stereocenters. The molecule has 0 saturated heterocycles. The van der Waals surface area contributed by atoms with Gasteiger partial charge in [0.15, 0.2) is 20.4 Å². The van der Waals surface area contributed by atoms with Gasteiger partial charge in [-0.25, -0.2) is 4.79 Å². The number of carboxylic acids is 1. The predicted molar refractivity (Wildman–Crippen MR) is 39.2 cm³/mol. The van der Waals surface area contributed by atoms with Gasteiger partial charge in [-0.15, -0.1) is 0 Å². The van der Waals surface area contributed by atoms with Gasteiger partial charge in [0.1, 0.15) is 0 Å². The molecule has 0 aromatic heterocycles. The number of hydrogen-bond acceptors (Lipinski definition) is 7. The van der Waals surface area contributed by atoms with Crippen LogP contribution < -0.4 is 0 Å². The Hall–Kier alpha value is -1.51. The Morgan fingerprint density at radius 3 is 1.64 bits per heavy atom. The molecule has 4 N–H and O–H groups in total. The van der Waals surface area contributed by atoms with E-state index in [2.05, 4.69) is 14.2 Å². The second kappa shape index (κ2) is 6.95. The van der Waals surface area contributed by atoms with Crippen LogP contribution in [0.3, 0.4) is 0 Å². The van der Waals surface area contributed by atoms with Gasteiger partial charge < -0.3 is 34.6 Å². The van der Waals surface area contributed by atoms with Gasteiger partial charge in [-0.3, -0.25) is 0 Å². The number of aliphatic carboxylic acids is 1. The fourth-order valence-electron chi connectivity index (χ4n) is 0.563. The van der Waals surface area contributed by atoms with Crippen molar-refractivity contribution in [2.45, 2.75) is 0 Å². The molecule has 0 rings (SSSR count). The van der Waals surface area contributed by atoms with E-state index in [1.54, 1.807) is 0 Å². The topological polar surface area (TPSA) is 126 Å². The van der Waals surface area contributed by atoms with Crippen LogP contribution in [-0.2, 0) is 19.0 Å². The Morgan fingerprint density at radius 2 is 1.36 bits per heavy atom. The fraction of sp³-hybridized carbons (Fsp3) is 0.500. The maximum atomic E-state index is 10.5. The molecule has 14 heavy (non-hydrogen) atoms. The van der Waals surface area contributed by atoms with Gasteiger partial charge >= 0.3 is 11.9 Å². The lowest BCUT2D eigenvalue weighted by Gasteiger charge is -2.10. The zero-order valence-electron chi connectivity index (χ0n) is 7.04. The van der Waals surface area contributed by atoms with Crippen LogP contribution in [0.15, 0.2) is 11.7 Å². The number of carbonyl (C=O) groups is 1.